The molecule has 0 unspecified atom stereocenters. The van der Waals surface area contributed by atoms with Crippen molar-refractivity contribution in [3.8, 4) is 62.6 Å². The number of hydrogen-bond donors (Lipinski definition) is 0. The molecule has 4 aliphatic heterocycles. The zero-order chi connectivity index (χ0) is 82.9. The fraction of sp³-hybridized carbons (Fsp3) is 0.0182. The third-order valence-electron chi connectivity index (χ3n) is 25.3. The zero-order valence-corrected chi connectivity index (χ0v) is 75.5. The third kappa shape index (κ3) is 12.3. The summed E-state index contributed by atoms with van der Waals surface area (Å²) in [5.74, 6) is 2.42. The number of anilines is 3. The average molecular weight is 2200 g/mol. The molecule has 0 saturated carbocycles. The topological polar surface area (TPSA) is 110 Å². The van der Waals surface area contributed by atoms with Crippen LogP contribution in [0.1, 0.15) is 0 Å². The first-order chi connectivity index (χ1) is 62.3. The van der Waals surface area contributed by atoms with Gasteiger partial charge in [-0.05, 0) is 131 Å². The number of ether oxygens (including phenoxy) is 1. The van der Waals surface area contributed by atoms with Crippen molar-refractivity contribution in [3.05, 3.63) is 420 Å². The van der Waals surface area contributed by atoms with E-state index in [1.165, 1.54) is 32.9 Å². The van der Waals surface area contributed by atoms with Crippen molar-refractivity contribution in [1.82, 2.24) is 65.5 Å². The molecular formula is C110H68N15OPt3-. The second-order valence-electron chi connectivity index (χ2n) is 32.4. The number of rotatable bonds is 9. The number of imidazole rings is 2. The van der Waals surface area contributed by atoms with E-state index in [2.05, 4.69) is 355 Å². The number of fused-ring (bicyclic) bond motifs is 19. The second kappa shape index (κ2) is 31.1. The Kier molecular flexibility index (Phi) is 19.0. The number of aromatic nitrogens is 12. The molecule has 2 atom stereocenters. The molecule has 2 bridgehead atoms. The van der Waals surface area contributed by atoms with Gasteiger partial charge in [0.1, 0.15) is 22.7 Å². The van der Waals surface area contributed by atoms with E-state index in [1.54, 1.807) is 0 Å². The minimum atomic E-state index is 0. The maximum atomic E-state index is 6.47. The number of benzene rings is 13. The molecule has 19 heteroatoms. The quantitative estimate of drug-likeness (QED) is 0.105. The summed E-state index contributed by atoms with van der Waals surface area (Å²) in [5, 5.41) is 11.5. The molecule has 16 heterocycles. The molecule has 620 valence electrons. The van der Waals surface area contributed by atoms with Gasteiger partial charge >= 0.3 is 42.1 Å². The summed E-state index contributed by atoms with van der Waals surface area (Å²) < 4.78 is 23.3. The summed E-state index contributed by atoms with van der Waals surface area (Å²) in [6, 6.07) is 138. The molecule has 1 fully saturated rings. The largest absolute Gasteiger partial charge is 2.00 e. The Morgan fingerprint density at radius 2 is 0.791 bits per heavy atom. The molecule has 29 rings (SSSR count). The first-order valence-corrected chi connectivity index (χ1v) is 42.0. The van der Waals surface area contributed by atoms with Crippen LogP contribution in [0.3, 0.4) is 0 Å². The predicted molar refractivity (Wildman–Crippen MR) is 505 cm³/mol. The zero-order valence-electron chi connectivity index (χ0n) is 68.6. The van der Waals surface area contributed by atoms with E-state index >= 15 is 0 Å². The van der Waals surface area contributed by atoms with E-state index in [4.69, 9.17) is 29.7 Å². The number of quaternary nitrogens is 2. The van der Waals surface area contributed by atoms with Crippen molar-refractivity contribution in [1.29, 1.82) is 0 Å². The van der Waals surface area contributed by atoms with E-state index in [0.717, 1.165) is 195 Å². The minimum absolute atomic E-state index is 0. The number of para-hydroxylation sites is 9. The van der Waals surface area contributed by atoms with Crippen LogP contribution in [0.5, 0.6) is 11.5 Å². The maximum absolute atomic E-state index is 6.47. The van der Waals surface area contributed by atoms with Gasteiger partial charge in [0.15, 0.2) is 18.0 Å². The summed E-state index contributed by atoms with van der Waals surface area (Å²) in [6.45, 7) is 3.35. The van der Waals surface area contributed by atoms with Crippen LogP contribution >= 0.6 is 0 Å². The molecule has 13 aromatic carbocycles. The van der Waals surface area contributed by atoms with E-state index in [1.807, 2.05) is 109 Å². The minimum Gasteiger partial charge on any atom is -0.513 e. The number of nitrogens with zero attached hydrogens (tertiary/aromatic N) is 15. The summed E-state index contributed by atoms with van der Waals surface area (Å²) in [4.78, 5) is 26.0. The van der Waals surface area contributed by atoms with Crippen LogP contribution in [0.4, 0.5) is 34.1 Å². The van der Waals surface area contributed by atoms with E-state index < -0.39 is 0 Å². The molecule has 129 heavy (non-hydrogen) atoms. The van der Waals surface area contributed by atoms with Gasteiger partial charge in [-0.3, -0.25) is 9.97 Å². The Labute approximate surface area is 782 Å². The van der Waals surface area contributed by atoms with Gasteiger partial charge in [-0.25, -0.2) is 15.0 Å². The normalized spacial score (nSPS) is 14.7. The smallest absolute Gasteiger partial charge is 0.513 e. The maximum Gasteiger partial charge on any atom is 2.00 e. The van der Waals surface area contributed by atoms with Gasteiger partial charge in [0.05, 0.1) is 53.6 Å². The molecule has 4 aliphatic rings. The molecule has 0 amide bonds. The summed E-state index contributed by atoms with van der Waals surface area (Å²) in [6.07, 6.45) is 13.4. The van der Waals surface area contributed by atoms with Crippen LogP contribution in [0, 0.1) is 43.1 Å². The molecule has 12 aromatic heterocycles. The fourth-order valence-electron chi connectivity index (χ4n) is 19.9. The standard InChI is InChI=1S/C38H26N5O.2C36H21N5.3Pt/c1-42-24-43(25-42,35-17-6-5-16-34(35)42)28-11-8-10-26(22-28)40-32-15-4-7-18-36(32)44-37-20-19-27(23-33(37)40)41-31-14-3-2-12-29(31)30-13-9-21-39-38(30)41;1-3-14-31-27(11-1)29-18-17-26(41-32-15-4-2-12-28(32)30-13-8-19-37-36(30)41)22-34(29)40(31)25-10-7-9-24(21-25)35-33-16-5-6-20-39(33)23-38-35;1-3-15-32-28(12-1)30-18-17-26(41-33-16-4-2-13-29(33)31-14-8-19-37-36(31)41)22-34(30)40(32)25-11-7-9-24(21-25)35-38-23-27-10-5-6-20-39(27)35;;;/h2-21,24H,25H2,1H3;2*1-20,23H;;;/q-1;2*-2;;2*+2/t42-,43+;;;;;/m0...../s1. The van der Waals surface area contributed by atoms with Gasteiger partial charge in [0.2, 0.25) is 0 Å². The molecule has 0 aliphatic carbocycles. The van der Waals surface area contributed by atoms with Crippen molar-refractivity contribution in [2.45, 2.75) is 0 Å². The Morgan fingerprint density at radius 1 is 0.341 bits per heavy atom. The molecule has 0 spiro atoms. The molecule has 1 saturated heterocycles. The van der Waals surface area contributed by atoms with Crippen LogP contribution in [0.15, 0.2) is 377 Å². The second-order valence-corrected chi connectivity index (χ2v) is 32.4. The van der Waals surface area contributed by atoms with Gasteiger partial charge in [-0.2, -0.15) is 18.2 Å². The van der Waals surface area contributed by atoms with Crippen molar-refractivity contribution < 1.29 is 67.9 Å². The van der Waals surface area contributed by atoms with Crippen LogP contribution in [0.2, 0.25) is 0 Å². The summed E-state index contributed by atoms with van der Waals surface area (Å²) >= 11 is 0. The van der Waals surface area contributed by atoms with Crippen LogP contribution < -0.4 is 18.6 Å². The van der Waals surface area contributed by atoms with Gasteiger partial charge in [0.25, 0.3) is 0 Å². The Bertz CT molecular complexity index is 8320. The van der Waals surface area contributed by atoms with Crippen molar-refractivity contribution in [2.75, 3.05) is 18.6 Å². The van der Waals surface area contributed by atoms with Gasteiger partial charge in [-0.1, -0.05) is 167 Å². The summed E-state index contributed by atoms with van der Waals surface area (Å²) in [5.41, 5.74) is 26.4. The van der Waals surface area contributed by atoms with E-state index in [-0.39, 0.29) is 63.2 Å². The number of hydrogen-bond acceptors (Lipinski definition) is 7. The molecule has 0 radical (unpaired) electrons. The first-order valence-electron chi connectivity index (χ1n) is 42.0. The van der Waals surface area contributed by atoms with Crippen LogP contribution in [-0.4, -0.2) is 70.3 Å². The number of pyridine rings is 5. The van der Waals surface area contributed by atoms with Gasteiger partial charge in [-0.15, -0.1) is 125 Å². The SMILES string of the molecule is C[N@+]12[CH-][N@+](c3[c-]c(N4c5[c-]c(-n6c7ccccc7c7cccnc76)ccc5Oc5ccccc54)ccc3)(C1)c1ccccc12.[Pt+2].[Pt+2].[Pt].[c-]1c(-c2ncc3ccccn23)cccc1-n1c2[c-]c(-n3c4ccccc4c4cccnc43)ccc2c2ccccc21.[c-]1c(-c2ncn3ccccc23)cccc1-n1c2[c-]c(-n3c4ccccc4c4cccnc43)ccc2c2ccccc21. The monoisotopic (exact) mass is 2200 g/mol. The van der Waals surface area contributed by atoms with E-state index in [0.29, 0.717) is 4.48 Å². The van der Waals surface area contributed by atoms with Crippen molar-refractivity contribution in [2.24, 2.45) is 0 Å². The third-order valence-corrected chi connectivity index (χ3v) is 25.3. The Hall–Kier alpha value is -14.7. The Balaban J connectivity index is 0.000000109. The van der Waals surface area contributed by atoms with Crippen LogP contribution in [-0.2, 0) is 63.2 Å². The molecule has 25 aromatic rings. The molecule has 16 nitrogen and oxygen atoms in total. The molecular weight excluding hydrogens is 2130 g/mol. The Morgan fingerprint density at radius 3 is 1.39 bits per heavy atom. The van der Waals surface area contributed by atoms with Crippen LogP contribution in [0.25, 0.3) is 172 Å². The van der Waals surface area contributed by atoms with E-state index in [9.17, 15) is 0 Å². The summed E-state index contributed by atoms with van der Waals surface area (Å²) in [7, 11) is 2.28. The fourth-order valence-corrected chi connectivity index (χ4v) is 19.9. The average Bonchev–Trinajstić information content (AvgIpc) is 1.51. The molecule has 0 N–H and O–H groups in total. The van der Waals surface area contributed by atoms with Crippen molar-refractivity contribution in [3.63, 3.8) is 0 Å². The van der Waals surface area contributed by atoms with Crippen molar-refractivity contribution >= 4 is 155 Å². The van der Waals surface area contributed by atoms with Gasteiger partial charge in [0, 0.05) is 136 Å². The van der Waals surface area contributed by atoms with Gasteiger partial charge < -0.3 is 50.2 Å². The predicted octanol–water partition coefficient (Wildman–Crippen LogP) is 25.4. The first kappa shape index (κ1) is 79.0.